The number of pyridine rings is 2. The minimum Gasteiger partial charge on any atom is -0.476 e. The Hall–Kier alpha value is -2.30. The lowest BCUT2D eigenvalue weighted by Crippen LogP contribution is -2.09. The molecule has 0 aliphatic carbocycles. The number of nitrogens with one attached hydrogen (secondary N) is 1. The van der Waals surface area contributed by atoms with Crippen LogP contribution in [0.25, 0.3) is 0 Å². The fraction of sp³-hybridized carbons (Fsp3) is 0.286. The minimum absolute atomic E-state index is 0.133. The summed E-state index contributed by atoms with van der Waals surface area (Å²) in [5.41, 5.74) is 7.48. The van der Waals surface area contributed by atoms with Crippen molar-refractivity contribution in [3.8, 4) is 5.88 Å². The van der Waals surface area contributed by atoms with Crippen molar-refractivity contribution < 1.29 is 4.74 Å². The van der Waals surface area contributed by atoms with Gasteiger partial charge in [0.2, 0.25) is 5.88 Å². The molecule has 3 N–H and O–H groups in total. The average Bonchev–Trinajstić information content (AvgIpc) is 2.44. The molecule has 5 heteroatoms. The van der Waals surface area contributed by atoms with Crippen LogP contribution < -0.4 is 15.8 Å². The number of nitrogens with two attached hydrogens (primary N) is 1. The molecule has 0 amide bonds. The molecule has 2 aromatic rings. The molecule has 0 spiro atoms. The van der Waals surface area contributed by atoms with Gasteiger partial charge in [0.1, 0.15) is 5.82 Å². The van der Waals surface area contributed by atoms with E-state index in [1.54, 1.807) is 18.5 Å². The predicted molar refractivity (Wildman–Crippen MR) is 76.1 cm³/mol. The van der Waals surface area contributed by atoms with Crippen molar-refractivity contribution in [2.45, 2.75) is 19.9 Å². The predicted octanol–water partition coefficient (Wildman–Crippen LogP) is 2.63. The number of hydrogen-bond donors (Lipinski definition) is 2. The van der Waals surface area contributed by atoms with Gasteiger partial charge >= 0.3 is 0 Å². The van der Waals surface area contributed by atoms with Gasteiger partial charge in [-0.1, -0.05) is 0 Å². The van der Waals surface area contributed by atoms with Crippen molar-refractivity contribution in [3.63, 3.8) is 0 Å². The molecule has 0 bridgehead atoms. The molecule has 100 valence electrons. The van der Waals surface area contributed by atoms with E-state index in [4.69, 9.17) is 10.5 Å². The van der Waals surface area contributed by atoms with E-state index in [2.05, 4.69) is 22.2 Å². The molecule has 0 saturated heterocycles. The summed E-state index contributed by atoms with van der Waals surface area (Å²) in [6.45, 7) is 4.51. The maximum absolute atomic E-state index is 5.79. The molecule has 0 fully saturated rings. The van der Waals surface area contributed by atoms with Gasteiger partial charge in [-0.3, -0.25) is 4.98 Å². The summed E-state index contributed by atoms with van der Waals surface area (Å²) in [4.78, 5) is 8.36. The molecule has 2 rings (SSSR count). The van der Waals surface area contributed by atoms with E-state index in [-0.39, 0.29) is 6.04 Å². The van der Waals surface area contributed by atoms with Gasteiger partial charge in [0.25, 0.3) is 0 Å². The average molecular weight is 258 g/mol. The molecule has 0 saturated carbocycles. The van der Waals surface area contributed by atoms with Crippen LogP contribution in [-0.4, -0.2) is 16.6 Å². The van der Waals surface area contributed by atoms with Crippen molar-refractivity contribution in [1.82, 2.24) is 9.97 Å². The second-order valence-electron chi connectivity index (χ2n) is 4.17. The Morgan fingerprint density at radius 1 is 1.26 bits per heavy atom. The second kappa shape index (κ2) is 6.04. The molecule has 2 aromatic heterocycles. The molecule has 0 aliphatic heterocycles. The van der Waals surface area contributed by atoms with Gasteiger partial charge in [0.15, 0.2) is 0 Å². The number of hydrogen-bond acceptors (Lipinski definition) is 5. The first-order valence-electron chi connectivity index (χ1n) is 6.26. The Labute approximate surface area is 112 Å². The van der Waals surface area contributed by atoms with Crippen LogP contribution in [0.5, 0.6) is 5.88 Å². The van der Waals surface area contributed by atoms with Gasteiger partial charge in [-0.25, -0.2) is 0 Å². The van der Waals surface area contributed by atoms with Crippen LogP contribution in [-0.2, 0) is 0 Å². The van der Waals surface area contributed by atoms with Crippen LogP contribution in [0.4, 0.5) is 11.5 Å². The van der Waals surface area contributed by atoms with Crippen LogP contribution in [0.15, 0.2) is 36.7 Å². The van der Waals surface area contributed by atoms with Crippen molar-refractivity contribution >= 4 is 11.5 Å². The third-order valence-electron chi connectivity index (χ3n) is 2.74. The number of aromatic nitrogens is 2. The summed E-state index contributed by atoms with van der Waals surface area (Å²) < 4.78 is 5.38. The maximum atomic E-state index is 5.79. The van der Waals surface area contributed by atoms with Crippen molar-refractivity contribution in [2.24, 2.45) is 0 Å². The van der Waals surface area contributed by atoms with E-state index in [1.165, 1.54) is 0 Å². The summed E-state index contributed by atoms with van der Waals surface area (Å²) in [6.07, 6.45) is 3.55. The largest absolute Gasteiger partial charge is 0.476 e. The van der Waals surface area contributed by atoms with E-state index in [1.807, 2.05) is 25.1 Å². The summed E-state index contributed by atoms with van der Waals surface area (Å²) in [6, 6.07) is 7.71. The number of ether oxygens (including phenoxy) is 1. The molecule has 1 atom stereocenters. The Bertz CT molecular complexity index is 530. The highest BCUT2D eigenvalue weighted by molar-refractivity contribution is 5.54. The van der Waals surface area contributed by atoms with Gasteiger partial charge in [-0.05, 0) is 43.7 Å². The van der Waals surface area contributed by atoms with Crippen LogP contribution in [0.3, 0.4) is 0 Å². The lowest BCUT2D eigenvalue weighted by molar-refractivity contribution is 0.329. The quantitative estimate of drug-likeness (QED) is 0.862. The monoisotopic (exact) mass is 258 g/mol. The Balaban J connectivity index is 2.13. The van der Waals surface area contributed by atoms with Crippen molar-refractivity contribution in [1.29, 1.82) is 0 Å². The number of nitrogens with zero attached hydrogens (tertiary/aromatic N) is 2. The summed E-state index contributed by atoms with van der Waals surface area (Å²) in [5, 5.41) is 3.31. The molecular weight excluding hydrogens is 240 g/mol. The topological polar surface area (TPSA) is 73.1 Å². The molecular formula is C14H18N4O. The lowest BCUT2D eigenvalue weighted by atomic mass is 10.1. The van der Waals surface area contributed by atoms with E-state index >= 15 is 0 Å². The van der Waals surface area contributed by atoms with Crippen LogP contribution in [0.2, 0.25) is 0 Å². The highest BCUT2D eigenvalue weighted by Crippen LogP contribution is 2.23. The molecule has 0 aliphatic rings. The maximum Gasteiger partial charge on any atom is 0.239 e. The first kappa shape index (κ1) is 13.1. The zero-order chi connectivity index (χ0) is 13.7. The van der Waals surface area contributed by atoms with Crippen molar-refractivity contribution in [3.05, 3.63) is 42.2 Å². The normalized spacial score (nSPS) is 11.9. The molecule has 5 nitrogen and oxygen atoms in total. The number of anilines is 2. The smallest absolute Gasteiger partial charge is 0.239 e. The highest BCUT2D eigenvalue weighted by Gasteiger charge is 2.08. The fourth-order valence-corrected chi connectivity index (χ4v) is 1.74. The van der Waals surface area contributed by atoms with Crippen LogP contribution in [0.1, 0.15) is 25.5 Å². The van der Waals surface area contributed by atoms with Crippen LogP contribution in [0, 0.1) is 0 Å². The van der Waals surface area contributed by atoms with E-state index in [9.17, 15) is 0 Å². The van der Waals surface area contributed by atoms with Gasteiger partial charge in [0, 0.05) is 12.4 Å². The van der Waals surface area contributed by atoms with Gasteiger partial charge in [0.05, 0.1) is 18.3 Å². The molecule has 0 radical (unpaired) electrons. The first-order chi connectivity index (χ1) is 9.20. The second-order valence-corrected chi connectivity index (χ2v) is 4.17. The summed E-state index contributed by atoms with van der Waals surface area (Å²) in [7, 11) is 0. The lowest BCUT2D eigenvalue weighted by Gasteiger charge is -2.16. The molecule has 19 heavy (non-hydrogen) atoms. The zero-order valence-corrected chi connectivity index (χ0v) is 11.1. The Morgan fingerprint density at radius 3 is 2.68 bits per heavy atom. The molecule has 2 heterocycles. The first-order valence-corrected chi connectivity index (χ1v) is 6.26. The zero-order valence-electron chi connectivity index (χ0n) is 11.1. The number of rotatable bonds is 5. The standard InChI is InChI=1S/C14H18N4O/c1-3-19-14-12(15)4-5-13(18-14)17-10(2)11-6-8-16-9-7-11/h4-10H,3,15H2,1-2H3,(H,17,18). The molecule has 1 unspecified atom stereocenters. The van der Waals surface area contributed by atoms with Gasteiger partial charge in [-0.15, -0.1) is 0 Å². The third-order valence-corrected chi connectivity index (χ3v) is 2.74. The van der Waals surface area contributed by atoms with E-state index in [0.717, 1.165) is 11.4 Å². The van der Waals surface area contributed by atoms with E-state index in [0.29, 0.717) is 18.2 Å². The third kappa shape index (κ3) is 3.34. The SMILES string of the molecule is CCOc1nc(NC(C)c2ccncc2)ccc1N. The van der Waals surface area contributed by atoms with Gasteiger partial charge in [-0.2, -0.15) is 4.98 Å². The van der Waals surface area contributed by atoms with Crippen LogP contribution >= 0.6 is 0 Å². The number of nitrogen functional groups attached to an aromatic ring is 1. The van der Waals surface area contributed by atoms with Gasteiger partial charge < -0.3 is 15.8 Å². The molecule has 0 aromatic carbocycles. The fourth-order valence-electron chi connectivity index (χ4n) is 1.74. The Kier molecular flexibility index (Phi) is 4.18. The summed E-state index contributed by atoms with van der Waals surface area (Å²) in [5.74, 6) is 1.20. The van der Waals surface area contributed by atoms with Crippen molar-refractivity contribution in [2.75, 3.05) is 17.7 Å². The minimum atomic E-state index is 0.133. The highest BCUT2D eigenvalue weighted by atomic mass is 16.5. The summed E-state index contributed by atoms with van der Waals surface area (Å²) >= 11 is 0. The Morgan fingerprint density at radius 2 is 2.00 bits per heavy atom. The van der Waals surface area contributed by atoms with E-state index < -0.39 is 0 Å².